The Morgan fingerprint density at radius 1 is 1.08 bits per heavy atom. The van der Waals surface area contributed by atoms with Gasteiger partial charge in [0.15, 0.2) is 0 Å². The van der Waals surface area contributed by atoms with E-state index < -0.39 is 0 Å². The predicted molar refractivity (Wildman–Crippen MR) is 49.2 cm³/mol. The number of nitrogens with zero attached hydrogens (tertiary/aromatic N) is 3. The third-order valence-electron chi connectivity index (χ3n) is 2.09. The number of hydrogen-bond acceptors (Lipinski definition) is 3. The number of nitrogens with one attached hydrogen (secondary N) is 1. The van der Waals surface area contributed by atoms with E-state index in [1.54, 1.807) is 18.7 Å². The Labute approximate surface area is 73.6 Å². The van der Waals surface area contributed by atoms with Crippen LogP contribution in [0.4, 0.5) is 0 Å². The Hall–Kier alpha value is -1.97. The molecule has 2 heterocycles. The minimum absolute atomic E-state index is 0.921. The number of benzene rings is 1. The Bertz CT molecular complexity index is 570. The second-order valence-electron chi connectivity index (χ2n) is 2.86. The van der Waals surface area contributed by atoms with Crippen LogP contribution in [0.2, 0.25) is 0 Å². The van der Waals surface area contributed by atoms with Crippen LogP contribution in [-0.2, 0) is 0 Å². The summed E-state index contributed by atoms with van der Waals surface area (Å²) in [6.07, 6.45) is 5.13. The van der Waals surface area contributed by atoms with Crippen molar-refractivity contribution in [3.05, 3.63) is 30.9 Å². The fourth-order valence-corrected chi connectivity index (χ4v) is 1.46. The molecule has 0 spiro atoms. The quantitative estimate of drug-likeness (QED) is 0.556. The maximum atomic E-state index is 4.20. The molecule has 0 aliphatic carbocycles. The average Bonchev–Trinajstić information content (AvgIpc) is 2.65. The van der Waals surface area contributed by atoms with Crippen molar-refractivity contribution in [3.63, 3.8) is 0 Å². The van der Waals surface area contributed by atoms with Gasteiger partial charge >= 0.3 is 0 Å². The molecule has 3 rings (SSSR count). The number of aromatic amines is 1. The second-order valence-corrected chi connectivity index (χ2v) is 2.86. The van der Waals surface area contributed by atoms with Gasteiger partial charge in [-0.05, 0) is 0 Å². The fourth-order valence-electron chi connectivity index (χ4n) is 1.46. The molecule has 0 aliphatic rings. The lowest BCUT2D eigenvalue weighted by molar-refractivity contribution is 1.12. The molecule has 13 heavy (non-hydrogen) atoms. The minimum atomic E-state index is 0.921. The third kappa shape index (κ3) is 0.823. The van der Waals surface area contributed by atoms with Gasteiger partial charge < -0.3 is 0 Å². The maximum absolute atomic E-state index is 4.20. The Morgan fingerprint density at radius 2 is 2.00 bits per heavy atom. The average molecular weight is 170 g/mol. The summed E-state index contributed by atoms with van der Waals surface area (Å²) in [4.78, 5) is 8.16. The summed E-state index contributed by atoms with van der Waals surface area (Å²) in [5, 5.41) is 8.99. The summed E-state index contributed by atoms with van der Waals surface area (Å²) in [5.41, 5.74) is 1.89. The molecule has 2 aromatic heterocycles. The highest BCUT2D eigenvalue weighted by Crippen LogP contribution is 2.19. The van der Waals surface area contributed by atoms with Crippen molar-refractivity contribution in [2.75, 3.05) is 0 Å². The van der Waals surface area contributed by atoms with Crippen LogP contribution in [0.15, 0.2) is 30.9 Å². The summed E-state index contributed by atoms with van der Waals surface area (Å²) < 4.78 is 0. The van der Waals surface area contributed by atoms with E-state index in [2.05, 4.69) is 20.2 Å². The number of fused-ring (bicyclic) bond motifs is 3. The van der Waals surface area contributed by atoms with Gasteiger partial charge in [-0.15, -0.1) is 0 Å². The predicted octanol–water partition coefficient (Wildman–Crippen LogP) is 1.51. The highest BCUT2D eigenvalue weighted by atomic mass is 15.1. The van der Waals surface area contributed by atoms with Gasteiger partial charge in [0.25, 0.3) is 0 Å². The number of aromatic nitrogens is 4. The molecule has 0 unspecified atom stereocenters. The van der Waals surface area contributed by atoms with Crippen molar-refractivity contribution >= 4 is 21.8 Å². The van der Waals surface area contributed by atoms with Crippen LogP contribution in [0.25, 0.3) is 21.8 Å². The van der Waals surface area contributed by atoms with Gasteiger partial charge in [0.1, 0.15) is 6.33 Å². The lowest BCUT2D eigenvalue weighted by Gasteiger charge is -1.95. The van der Waals surface area contributed by atoms with Crippen LogP contribution in [0, 0.1) is 0 Å². The zero-order chi connectivity index (χ0) is 8.67. The van der Waals surface area contributed by atoms with Crippen LogP contribution < -0.4 is 0 Å². The monoisotopic (exact) mass is 170 g/mol. The molecule has 0 radical (unpaired) electrons. The smallest absolute Gasteiger partial charge is 0.116 e. The summed E-state index contributed by atoms with van der Waals surface area (Å²) in [5.74, 6) is 0. The molecule has 4 heteroatoms. The molecular formula is C9H6N4. The van der Waals surface area contributed by atoms with Crippen molar-refractivity contribution in [1.29, 1.82) is 0 Å². The molecule has 1 N–H and O–H groups in total. The van der Waals surface area contributed by atoms with Crippen LogP contribution >= 0.6 is 0 Å². The van der Waals surface area contributed by atoms with Gasteiger partial charge in [0.05, 0.1) is 17.2 Å². The van der Waals surface area contributed by atoms with Crippen LogP contribution in [-0.4, -0.2) is 20.2 Å². The Morgan fingerprint density at radius 3 is 3.00 bits per heavy atom. The fraction of sp³-hybridized carbons (Fsp3) is 0. The van der Waals surface area contributed by atoms with Crippen LogP contribution in [0.5, 0.6) is 0 Å². The van der Waals surface area contributed by atoms with Crippen LogP contribution in [0.1, 0.15) is 0 Å². The van der Waals surface area contributed by atoms with E-state index in [0.717, 1.165) is 21.8 Å². The molecule has 1 aromatic carbocycles. The van der Waals surface area contributed by atoms with Gasteiger partial charge in [-0.1, -0.05) is 12.1 Å². The van der Waals surface area contributed by atoms with Gasteiger partial charge in [0.2, 0.25) is 0 Å². The number of H-pyrrole nitrogens is 1. The van der Waals surface area contributed by atoms with Gasteiger partial charge in [-0.3, -0.25) is 5.10 Å². The lowest BCUT2D eigenvalue weighted by Crippen LogP contribution is -1.81. The first kappa shape index (κ1) is 6.54. The largest absolute Gasteiger partial charge is 0.276 e. The standard InChI is InChI=1S/C9H6N4/c1-2-7-4-12-13-9(7)8-6(1)3-10-5-11-8/h1-5H,(H,12,13). The van der Waals surface area contributed by atoms with Gasteiger partial charge in [0, 0.05) is 17.0 Å². The van der Waals surface area contributed by atoms with Gasteiger partial charge in [-0.2, -0.15) is 5.10 Å². The SMILES string of the molecule is c1ncc2ccc3cn[nH]c3c2n1. The van der Waals surface area contributed by atoms with E-state index in [4.69, 9.17) is 0 Å². The van der Waals surface area contributed by atoms with E-state index >= 15 is 0 Å². The highest BCUT2D eigenvalue weighted by molar-refractivity contribution is 6.01. The number of rotatable bonds is 0. The molecule has 0 saturated heterocycles. The highest BCUT2D eigenvalue weighted by Gasteiger charge is 2.01. The first-order valence-electron chi connectivity index (χ1n) is 3.97. The molecule has 62 valence electrons. The molecule has 0 saturated carbocycles. The third-order valence-corrected chi connectivity index (χ3v) is 2.09. The molecule has 4 nitrogen and oxygen atoms in total. The van der Waals surface area contributed by atoms with E-state index in [-0.39, 0.29) is 0 Å². The Kier molecular flexibility index (Phi) is 1.14. The van der Waals surface area contributed by atoms with E-state index in [1.165, 1.54) is 0 Å². The zero-order valence-corrected chi connectivity index (χ0v) is 6.73. The molecule has 0 amide bonds. The van der Waals surface area contributed by atoms with Crippen molar-refractivity contribution in [1.82, 2.24) is 20.2 Å². The van der Waals surface area contributed by atoms with E-state index in [0.29, 0.717) is 0 Å². The molecule has 0 bridgehead atoms. The zero-order valence-electron chi connectivity index (χ0n) is 6.73. The van der Waals surface area contributed by atoms with Gasteiger partial charge in [-0.25, -0.2) is 9.97 Å². The molecular weight excluding hydrogens is 164 g/mol. The normalized spacial score (nSPS) is 11.1. The molecule has 3 aromatic rings. The lowest BCUT2D eigenvalue weighted by atomic mass is 10.2. The maximum Gasteiger partial charge on any atom is 0.116 e. The molecule has 0 aliphatic heterocycles. The summed E-state index contributed by atoms with van der Waals surface area (Å²) >= 11 is 0. The molecule has 0 atom stereocenters. The minimum Gasteiger partial charge on any atom is -0.276 e. The van der Waals surface area contributed by atoms with E-state index in [1.807, 2.05) is 12.1 Å². The summed E-state index contributed by atoms with van der Waals surface area (Å²) in [6, 6.07) is 4.00. The van der Waals surface area contributed by atoms with Crippen molar-refractivity contribution < 1.29 is 0 Å². The van der Waals surface area contributed by atoms with Crippen molar-refractivity contribution in [3.8, 4) is 0 Å². The topological polar surface area (TPSA) is 54.5 Å². The van der Waals surface area contributed by atoms with Crippen molar-refractivity contribution in [2.45, 2.75) is 0 Å². The first-order valence-corrected chi connectivity index (χ1v) is 3.97. The van der Waals surface area contributed by atoms with E-state index in [9.17, 15) is 0 Å². The first-order chi connectivity index (χ1) is 6.45. The second kappa shape index (κ2) is 2.26. The Balaban J connectivity index is 2.65. The van der Waals surface area contributed by atoms with Crippen molar-refractivity contribution in [2.24, 2.45) is 0 Å². The summed E-state index contributed by atoms with van der Waals surface area (Å²) in [6.45, 7) is 0. The summed E-state index contributed by atoms with van der Waals surface area (Å²) in [7, 11) is 0. The number of hydrogen-bond donors (Lipinski definition) is 1. The molecule has 0 fully saturated rings. The van der Waals surface area contributed by atoms with Crippen LogP contribution in [0.3, 0.4) is 0 Å².